The number of carbonyl (C=O) groups is 1. The number of hydrogen-bond donors (Lipinski definition) is 2. The van der Waals surface area contributed by atoms with Crippen LogP contribution >= 0.6 is 0 Å². The number of nitrogens with one attached hydrogen (secondary N) is 2. The second-order valence-corrected chi connectivity index (χ2v) is 11.6. The Bertz CT molecular complexity index is 1010. The van der Waals surface area contributed by atoms with E-state index < -0.39 is 21.7 Å². The molecule has 1 amide bonds. The summed E-state index contributed by atoms with van der Waals surface area (Å²) >= 11 is 0. The highest BCUT2D eigenvalue weighted by Crippen LogP contribution is 2.28. The predicted molar refractivity (Wildman–Crippen MR) is 124 cm³/mol. The fraction of sp³-hybridized carbons (Fsp3) is 0.545. The van der Waals surface area contributed by atoms with E-state index in [1.807, 2.05) is 55.4 Å². The zero-order valence-corrected chi connectivity index (χ0v) is 20.4. The molecule has 0 fully saturated rings. The van der Waals surface area contributed by atoms with Gasteiger partial charge < -0.3 is 10.1 Å². The minimum atomic E-state index is -3.89. The largest absolute Gasteiger partial charge is 0.491 e. The molecule has 0 aliphatic carbocycles. The molecular weight excluding hydrogens is 416 g/mol. The molecule has 0 aliphatic heterocycles. The summed E-state index contributed by atoms with van der Waals surface area (Å²) in [6.07, 6.45) is 0.0200. The number of anilines is 2. The third kappa shape index (κ3) is 7.27. The highest BCUT2D eigenvalue weighted by atomic mass is 32.2. The molecule has 9 heteroatoms. The molecule has 1 heterocycles. The Morgan fingerprint density at radius 3 is 2.16 bits per heavy atom. The zero-order valence-electron chi connectivity index (χ0n) is 19.6. The van der Waals surface area contributed by atoms with Gasteiger partial charge >= 0.3 is 0 Å². The number of hydrogen-bond acceptors (Lipinski definition) is 5. The maximum atomic E-state index is 12.5. The normalized spacial score (nSPS) is 12.7. The number of carbonyl (C=O) groups excluding carboxylic acids is 1. The molecule has 0 saturated heterocycles. The van der Waals surface area contributed by atoms with Crippen LogP contribution in [0.1, 0.15) is 61.1 Å². The van der Waals surface area contributed by atoms with Gasteiger partial charge in [-0.1, -0.05) is 20.8 Å². The lowest BCUT2D eigenvalue weighted by Gasteiger charge is -2.23. The summed E-state index contributed by atoms with van der Waals surface area (Å²) in [5.74, 6) is -0.246. The Hall–Kier alpha value is -2.55. The molecule has 1 aromatic carbocycles. The standard InChI is InChI=1S/C22H34N4O4S/c1-15(2)30-17-11-9-16(10-12-17)25-31(28,29)14-20(27)23-19-13-18(21(3,4)5)24-26(19)22(6,7)8/h9-13,15,25H,14H2,1-8H3,(H,23,27). The van der Waals surface area contributed by atoms with Gasteiger partial charge in [-0.3, -0.25) is 9.52 Å². The summed E-state index contributed by atoms with van der Waals surface area (Å²) in [7, 11) is -3.89. The monoisotopic (exact) mass is 450 g/mol. The van der Waals surface area contributed by atoms with E-state index in [1.54, 1.807) is 35.0 Å². The van der Waals surface area contributed by atoms with Crippen LogP contribution in [0, 0.1) is 0 Å². The molecule has 0 atom stereocenters. The van der Waals surface area contributed by atoms with Crippen LogP contribution in [0.15, 0.2) is 30.3 Å². The molecule has 1 aromatic heterocycles. The lowest BCUT2D eigenvalue weighted by molar-refractivity contribution is -0.113. The van der Waals surface area contributed by atoms with Gasteiger partial charge in [0.25, 0.3) is 0 Å². The highest BCUT2D eigenvalue weighted by molar-refractivity contribution is 7.93. The van der Waals surface area contributed by atoms with Crippen molar-refractivity contribution in [2.75, 3.05) is 15.8 Å². The molecule has 31 heavy (non-hydrogen) atoms. The Kier molecular flexibility index (Phi) is 7.10. The number of aromatic nitrogens is 2. The maximum absolute atomic E-state index is 12.5. The van der Waals surface area contributed by atoms with Crippen molar-refractivity contribution in [3.8, 4) is 5.75 Å². The molecule has 0 spiro atoms. The van der Waals surface area contributed by atoms with E-state index in [-0.39, 0.29) is 17.1 Å². The first-order chi connectivity index (χ1) is 14.1. The van der Waals surface area contributed by atoms with Crippen molar-refractivity contribution < 1.29 is 17.9 Å². The van der Waals surface area contributed by atoms with Crippen LogP contribution in [-0.2, 0) is 25.8 Å². The Morgan fingerprint density at radius 2 is 1.68 bits per heavy atom. The van der Waals surface area contributed by atoms with Crippen LogP contribution in [0.25, 0.3) is 0 Å². The summed E-state index contributed by atoms with van der Waals surface area (Å²) in [6.45, 7) is 15.8. The summed E-state index contributed by atoms with van der Waals surface area (Å²) < 4.78 is 34.6. The van der Waals surface area contributed by atoms with E-state index >= 15 is 0 Å². The first-order valence-electron chi connectivity index (χ1n) is 10.2. The zero-order chi connectivity index (χ0) is 23.6. The van der Waals surface area contributed by atoms with Crippen molar-refractivity contribution in [1.29, 1.82) is 0 Å². The van der Waals surface area contributed by atoms with Gasteiger partial charge in [-0.15, -0.1) is 0 Å². The van der Waals surface area contributed by atoms with E-state index in [1.165, 1.54) is 0 Å². The number of amides is 1. The molecular formula is C22H34N4O4S. The Morgan fingerprint density at radius 1 is 1.10 bits per heavy atom. The summed E-state index contributed by atoms with van der Waals surface area (Å²) in [6, 6.07) is 8.33. The highest BCUT2D eigenvalue weighted by Gasteiger charge is 2.26. The first-order valence-corrected chi connectivity index (χ1v) is 11.9. The Balaban J connectivity index is 2.12. The molecule has 2 rings (SSSR count). The molecule has 2 N–H and O–H groups in total. The van der Waals surface area contributed by atoms with E-state index in [0.717, 1.165) is 5.69 Å². The molecule has 172 valence electrons. The van der Waals surface area contributed by atoms with Crippen molar-refractivity contribution >= 4 is 27.4 Å². The van der Waals surface area contributed by atoms with Crippen molar-refractivity contribution in [2.24, 2.45) is 0 Å². The fourth-order valence-corrected chi connectivity index (χ4v) is 3.77. The third-order valence-corrected chi connectivity index (χ3v) is 5.39. The van der Waals surface area contributed by atoms with Gasteiger partial charge in [0, 0.05) is 17.2 Å². The molecule has 0 aliphatic rings. The quantitative estimate of drug-likeness (QED) is 0.661. The second-order valence-electron chi connectivity index (χ2n) is 9.85. The van der Waals surface area contributed by atoms with E-state index in [0.29, 0.717) is 17.3 Å². The Labute approximate surface area is 185 Å². The summed E-state index contributed by atoms with van der Waals surface area (Å²) in [5.41, 5.74) is 0.569. The number of benzene rings is 1. The average Bonchev–Trinajstić information content (AvgIpc) is 2.99. The fourth-order valence-electron chi connectivity index (χ4n) is 2.79. The van der Waals surface area contributed by atoms with Crippen LogP contribution in [0.4, 0.5) is 11.5 Å². The number of rotatable bonds is 7. The molecule has 0 saturated carbocycles. The van der Waals surface area contributed by atoms with Gasteiger partial charge in [0.15, 0.2) is 0 Å². The second kappa shape index (κ2) is 8.90. The van der Waals surface area contributed by atoms with Crippen molar-refractivity contribution in [2.45, 2.75) is 72.4 Å². The number of ether oxygens (including phenoxy) is 1. The number of sulfonamides is 1. The SMILES string of the molecule is CC(C)Oc1ccc(NS(=O)(=O)CC(=O)Nc2cc(C(C)(C)C)nn2C(C)(C)C)cc1. The van der Waals surface area contributed by atoms with E-state index in [4.69, 9.17) is 4.74 Å². The first kappa shape index (κ1) is 24.7. The predicted octanol–water partition coefficient (Wildman–Crippen LogP) is 4.10. The van der Waals surface area contributed by atoms with Crippen molar-refractivity contribution in [3.05, 3.63) is 36.0 Å². The van der Waals surface area contributed by atoms with Gasteiger partial charge in [0.05, 0.1) is 17.3 Å². The van der Waals surface area contributed by atoms with Crippen LogP contribution in [-0.4, -0.2) is 36.0 Å². The summed E-state index contributed by atoms with van der Waals surface area (Å²) in [4.78, 5) is 12.5. The van der Waals surface area contributed by atoms with Crippen LogP contribution < -0.4 is 14.8 Å². The number of nitrogens with zero attached hydrogens (tertiary/aromatic N) is 2. The minimum absolute atomic E-state index is 0.0200. The third-order valence-electron chi connectivity index (χ3n) is 4.20. The minimum Gasteiger partial charge on any atom is -0.491 e. The van der Waals surface area contributed by atoms with E-state index in [2.05, 4.69) is 15.1 Å². The van der Waals surface area contributed by atoms with Crippen molar-refractivity contribution in [3.63, 3.8) is 0 Å². The smallest absolute Gasteiger partial charge is 0.242 e. The lowest BCUT2D eigenvalue weighted by atomic mass is 9.92. The van der Waals surface area contributed by atoms with Crippen LogP contribution in [0.5, 0.6) is 5.75 Å². The molecule has 2 aromatic rings. The average molecular weight is 451 g/mol. The topological polar surface area (TPSA) is 102 Å². The van der Waals surface area contributed by atoms with Crippen molar-refractivity contribution in [1.82, 2.24) is 9.78 Å². The summed E-state index contributed by atoms with van der Waals surface area (Å²) in [5, 5.41) is 7.33. The molecule has 0 unspecified atom stereocenters. The molecule has 8 nitrogen and oxygen atoms in total. The molecule has 0 bridgehead atoms. The van der Waals surface area contributed by atoms with Gasteiger partial charge in [-0.2, -0.15) is 5.10 Å². The lowest BCUT2D eigenvalue weighted by Crippen LogP contribution is -2.31. The molecule has 0 radical (unpaired) electrons. The van der Waals surface area contributed by atoms with Gasteiger partial charge in [-0.25, -0.2) is 13.1 Å². The van der Waals surface area contributed by atoms with E-state index in [9.17, 15) is 13.2 Å². The van der Waals surface area contributed by atoms with Gasteiger partial charge in [0.2, 0.25) is 15.9 Å². The van der Waals surface area contributed by atoms with Crippen LogP contribution in [0.2, 0.25) is 0 Å². The van der Waals surface area contributed by atoms with Gasteiger partial charge in [0.1, 0.15) is 17.3 Å². The van der Waals surface area contributed by atoms with Gasteiger partial charge in [-0.05, 0) is 58.9 Å². The van der Waals surface area contributed by atoms with Crippen LogP contribution in [0.3, 0.4) is 0 Å². The maximum Gasteiger partial charge on any atom is 0.242 e.